The van der Waals surface area contributed by atoms with E-state index in [9.17, 15) is 28.8 Å². The number of nitrogens with zero attached hydrogens (tertiary/aromatic N) is 10. The van der Waals surface area contributed by atoms with Gasteiger partial charge in [-0.3, -0.25) is 50.2 Å². The van der Waals surface area contributed by atoms with Crippen LogP contribution in [-0.4, -0.2) is 141 Å². The summed E-state index contributed by atoms with van der Waals surface area (Å²) in [5.74, 6) is 1.67. The number of nitrogens with one attached hydrogen (secondary N) is 7. The van der Waals surface area contributed by atoms with Crippen molar-refractivity contribution in [3.63, 3.8) is 0 Å². The number of anilines is 3. The van der Waals surface area contributed by atoms with Crippen LogP contribution >= 0.6 is 0 Å². The maximum Gasteiger partial charge on any atom is 0.413 e. The van der Waals surface area contributed by atoms with Gasteiger partial charge in [-0.2, -0.15) is 0 Å². The van der Waals surface area contributed by atoms with Crippen molar-refractivity contribution in [3.05, 3.63) is 225 Å². The third-order valence-electron chi connectivity index (χ3n) is 19.1. The molecule has 550 valence electrons. The first kappa shape index (κ1) is 73.2. The van der Waals surface area contributed by atoms with E-state index in [4.69, 9.17) is 14.2 Å². The molecule has 0 saturated carbocycles. The number of rotatable bonds is 18. The summed E-state index contributed by atoms with van der Waals surface area (Å²) in [6, 6.07) is 49.8. The van der Waals surface area contributed by atoms with Crippen molar-refractivity contribution in [1.29, 1.82) is 0 Å². The van der Waals surface area contributed by atoms with Crippen LogP contribution in [0.25, 0.3) is 100 Å². The van der Waals surface area contributed by atoms with Crippen LogP contribution in [0, 0.1) is 13.8 Å². The van der Waals surface area contributed by atoms with Gasteiger partial charge in [0.05, 0.1) is 76.5 Å². The number of likely N-dealkylation sites (tertiary alicyclic amines) is 1. The SMILES string of the molecule is CCNC(=O)Nc1nc2c(-c3ccccn3)cc(-c3ccc4c(c3)C(=O)N(C)C4)cc2[nH]1.CCOC(=O)Nc1nc2c(-c3ccccn3)cc(-c3cc(C)n(C(C)c4cccc(OC)c4)c(=O)c3)cc2[nH]1.CCOC(=O)Nc1nc2c(-c3ccccn3)cc(-c3cc(C)n(CC4CCCN4CC)c(=O)c3)cc2[nH]1. The molecule has 2 aliphatic heterocycles. The largest absolute Gasteiger partial charge is 0.497 e. The van der Waals surface area contributed by atoms with Crippen molar-refractivity contribution >= 4 is 75.1 Å². The Bertz CT molecular complexity index is 5620. The Morgan fingerprint density at radius 1 is 0.556 bits per heavy atom. The van der Waals surface area contributed by atoms with Crippen molar-refractivity contribution in [2.24, 2.45) is 0 Å². The quantitative estimate of drug-likeness (QED) is 0.0420. The van der Waals surface area contributed by atoms with Crippen molar-refractivity contribution in [1.82, 2.24) is 69.1 Å². The molecular formula is C82H83N17O9. The maximum atomic E-state index is 13.4. The molecule has 15 rings (SSSR count). The second-order valence-corrected chi connectivity index (χ2v) is 26.2. The fourth-order valence-corrected chi connectivity index (χ4v) is 13.9. The van der Waals surface area contributed by atoms with Gasteiger partial charge in [-0.15, -0.1) is 0 Å². The number of carbonyl (C=O) groups excluding carboxylic acids is 4. The molecule has 26 nitrogen and oxygen atoms in total. The topological polar surface area (TPSA) is 319 Å². The van der Waals surface area contributed by atoms with E-state index in [-0.39, 0.29) is 54.2 Å². The summed E-state index contributed by atoms with van der Waals surface area (Å²) in [5.41, 5.74) is 18.3. The van der Waals surface area contributed by atoms with E-state index in [1.807, 2.05) is 172 Å². The Balaban J connectivity index is 0.000000144. The van der Waals surface area contributed by atoms with E-state index in [1.165, 1.54) is 6.42 Å². The molecule has 1 fully saturated rings. The predicted octanol–water partition coefficient (Wildman–Crippen LogP) is 14.8. The molecule has 7 N–H and O–H groups in total. The molecule has 8 aromatic heterocycles. The van der Waals surface area contributed by atoms with E-state index >= 15 is 0 Å². The van der Waals surface area contributed by atoms with E-state index in [2.05, 4.69) is 84.0 Å². The Kier molecular flexibility index (Phi) is 22.0. The van der Waals surface area contributed by atoms with Gasteiger partial charge in [-0.05, 0) is 215 Å². The summed E-state index contributed by atoms with van der Waals surface area (Å²) in [4.78, 5) is 116. The van der Waals surface area contributed by atoms with E-state index in [1.54, 1.807) is 68.2 Å². The van der Waals surface area contributed by atoms with Gasteiger partial charge in [-0.25, -0.2) is 29.3 Å². The Morgan fingerprint density at radius 2 is 1.06 bits per heavy atom. The Labute approximate surface area is 622 Å². The average Bonchev–Trinajstić information content (AvgIpc) is 1.55. The van der Waals surface area contributed by atoms with Gasteiger partial charge in [0.1, 0.15) is 5.75 Å². The molecule has 2 atom stereocenters. The van der Waals surface area contributed by atoms with Crippen LogP contribution in [0.2, 0.25) is 0 Å². The van der Waals surface area contributed by atoms with Crippen LogP contribution in [0.5, 0.6) is 5.75 Å². The van der Waals surface area contributed by atoms with Crippen molar-refractivity contribution < 1.29 is 33.4 Å². The zero-order valence-corrected chi connectivity index (χ0v) is 61.4. The van der Waals surface area contributed by atoms with Gasteiger partial charge < -0.3 is 48.5 Å². The first-order valence-electron chi connectivity index (χ1n) is 35.9. The van der Waals surface area contributed by atoms with Crippen LogP contribution in [0.15, 0.2) is 186 Å². The van der Waals surface area contributed by atoms with Crippen LogP contribution in [0.1, 0.15) is 86.4 Å². The highest BCUT2D eigenvalue weighted by Crippen LogP contribution is 2.38. The molecule has 5 amide bonds. The molecular weight excluding hydrogens is 1370 g/mol. The number of likely N-dealkylation sites (N-methyl/N-ethyl adjacent to an activating group) is 1. The highest BCUT2D eigenvalue weighted by Gasteiger charge is 2.28. The summed E-state index contributed by atoms with van der Waals surface area (Å²) in [5, 5.41) is 10.7. The number of pyridine rings is 5. The third-order valence-corrected chi connectivity index (χ3v) is 19.1. The van der Waals surface area contributed by atoms with E-state index < -0.39 is 12.2 Å². The van der Waals surface area contributed by atoms with Crippen LogP contribution < -0.4 is 37.1 Å². The average molecular weight is 1450 g/mol. The number of aromatic amines is 3. The summed E-state index contributed by atoms with van der Waals surface area (Å²) >= 11 is 0. The number of aromatic nitrogens is 11. The van der Waals surface area contributed by atoms with E-state index in [0.717, 1.165) is 132 Å². The molecule has 5 aromatic carbocycles. The highest BCUT2D eigenvalue weighted by molar-refractivity contribution is 6.02. The lowest BCUT2D eigenvalue weighted by molar-refractivity contribution is 0.0816. The number of methoxy groups -OCH3 is 1. The molecule has 0 bridgehead atoms. The van der Waals surface area contributed by atoms with E-state index in [0.29, 0.717) is 53.7 Å². The molecule has 0 radical (unpaired) electrons. The third kappa shape index (κ3) is 16.1. The normalized spacial score (nSPS) is 13.5. The van der Waals surface area contributed by atoms with Crippen molar-refractivity contribution in [2.45, 2.75) is 86.5 Å². The minimum Gasteiger partial charge on any atom is -0.497 e. The van der Waals surface area contributed by atoms with Gasteiger partial charge in [0.25, 0.3) is 17.0 Å². The van der Waals surface area contributed by atoms with Gasteiger partial charge >= 0.3 is 18.2 Å². The molecule has 10 heterocycles. The number of aryl methyl sites for hydroxylation is 2. The standard InChI is InChI=1S/C30H29N5O4.C28H32N6O3.C24H22N6O2/c1-5-39-30(37)34-29-32-26-16-22(15-24(28(26)33-29)25-11-6-7-12-31-25)21-13-18(2)35(27(36)17-21)19(3)20-9-8-10-23(14-20)38-4;1-4-33-12-8-9-21(33)17-34-18(3)13-19(16-25(34)35)20-14-22(23-10-6-7-11-29-23)26-24(15-20)30-27(31-26)32-28(36)37-5-2;1-3-25-24(32)29-23-27-20-12-16(11-18(21(20)28-23)19-6-4-5-9-26-19)14-7-8-15-13-30(2)22(31)17(15)10-14/h6-17,19H,5H2,1-4H3,(H2,32,33,34,37);6-7,10-11,13-16,21H,4-5,8-9,12,17H2,1-3H3,(H2,30,31,32,36);4-12H,3,13H2,1-2H3,(H3,25,27,28,29,32). The minimum absolute atomic E-state index is 0.00767. The zero-order valence-electron chi connectivity index (χ0n) is 61.4. The molecule has 108 heavy (non-hydrogen) atoms. The van der Waals surface area contributed by atoms with Gasteiger partial charge in [0.15, 0.2) is 0 Å². The fraction of sp³-hybridized carbons (Fsp3) is 0.244. The lowest BCUT2D eigenvalue weighted by Crippen LogP contribution is -2.36. The molecule has 26 heteroatoms. The second-order valence-electron chi connectivity index (χ2n) is 26.2. The predicted molar refractivity (Wildman–Crippen MR) is 419 cm³/mol. The summed E-state index contributed by atoms with van der Waals surface area (Å²) in [6.07, 6.45) is 6.30. The second kappa shape index (κ2) is 32.5. The van der Waals surface area contributed by atoms with Gasteiger partial charge in [-0.1, -0.05) is 49.4 Å². The minimum atomic E-state index is -0.597. The molecule has 0 aliphatic carbocycles. The summed E-state index contributed by atoms with van der Waals surface area (Å²) in [7, 11) is 3.43. The zero-order chi connectivity index (χ0) is 75.7. The number of hydrogen-bond acceptors (Lipinski definition) is 16. The molecule has 2 unspecified atom stereocenters. The molecule has 2 aliphatic rings. The number of imidazole rings is 3. The first-order valence-corrected chi connectivity index (χ1v) is 35.9. The number of urea groups is 1. The number of carbonyl (C=O) groups is 4. The molecule has 0 spiro atoms. The summed E-state index contributed by atoms with van der Waals surface area (Å²) in [6.45, 7) is 17.9. The van der Waals surface area contributed by atoms with Gasteiger partial charge in [0, 0.05) is 97.1 Å². The van der Waals surface area contributed by atoms with Crippen LogP contribution in [-0.2, 0) is 22.6 Å². The van der Waals surface area contributed by atoms with Crippen molar-refractivity contribution in [3.8, 4) is 72.9 Å². The number of benzene rings is 5. The molecule has 1 saturated heterocycles. The molecule has 13 aromatic rings. The number of H-pyrrole nitrogens is 3. The van der Waals surface area contributed by atoms with Crippen LogP contribution in [0.4, 0.5) is 32.2 Å². The number of fused-ring (bicyclic) bond motifs is 4. The maximum absolute atomic E-state index is 13.4. The van der Waals surface area contributed by atoms with Crippen LogP contribution in [0.3, 0.4) is 0 Å². The monoisotopic (exact) mass is 1450 g/mol. The van der Waals surface area contributed by atoms with Gasteiger partial charge in [0.2, 0.25) is 17.8 Å². The lowest BCUT2D eigenvalue weighted by atomic mass is 9.97. The Hall–Kier alpha value is -13.1. The Morgan fingerprint density at radius 3 is 1.54 bits per heavy atom. The smallest absolute Gasteiger partial charge is 0.413 e. The summed E-state index contributed by atoms with van der Waals surface area (Å²) < 4.78 is 19.0. The number of ether oxygens (including phenoxy) is 3. The fourth-order valence-electron chi connectivity index (χ4n) is 13.9. The highest BCUT2D eigenvalue weighted by atomic mass is 16.6. The van der Waals surface area contributed by atoms with Crippen molar-refractivity contribution in [2.75, 3.05) is 63.0 Å². The first-order chi connectivity index (χ1) is 52.4. The lowest BCUT2D eigenvalue weighted by Gasteiger charge is -2.24. The number of amides is 5. The number of hydrogen-bond donors (Lipinski definition) is 7.